The Morgan fingerprint density at radius 2 is 1.55 bits per heavy atom. The monoisotopic (exact) mass is 283 g/mol. The maximum atomic E-state index is 13.3. The van der Waals surface area contributed by atoms with Gasteiger partial charge >= 0.3 is 0 Å². The van der Waals surface area contributed by atoms with Crippen molar-refractivity contribution in [3.63, 3.8) is 0 Å². The Balaban J connectivity index is 2.29. The third-order valence-corrected chi connectivity index (χ3v) is 5.45. The fourth-order valence-electron chi connectivity index (χ4n) is 3.60. The van der Waals surface area contributed by atoms with Crippen LogP contribution in [-0.2, 0) is 0 Å². The first-order valence-corrected chi connectivity index (χ1v) is 6.97. The molecule has 112 valence electrons. The van der Waals surface area contributed by atoms with Crippen LogP contribution in [0.4, 0.5) is 8.78 Å². The van der Waals surface area contributed by atoms with Crippen molar-refractivity contribution in [2.75, 3.05) is 6.54 Å². The molecule has 0 radical (unpaired) electrons. The zero-order valence-corrected chi connectivity index (χ0v) is 12.5. The minimum atomic E-state index is -0.703. The first kappa shape index (κ1) is 15.4. The van der Waals surface area contributed by atoms with E-state index in [2.05, 4.69) is 27.7 Å². The lowest BCUT2D eigenvalue weighted by Crippen LogP contribution is -2.30. The van der Waals surface area contributed by atoms with Crippen molar-refractivity contribution in [3.8, 4) is 0 Å². The largest absolute Gasteiger partial charge is 0.392 e. The predicted molar refractivity (Wildman–Crippen MR) is 75.2 cm³/mol. The van der Waals surface area contributed by atoms with Gasteiger partial charge in [0.05, 0.1) is 6.10 Å². The van der Waals surface area contributed by atoms with Gasteiger partial charge in [-0.25, -0.2) is 8.78 Å². The highest BCUT2D eigenvalue weighted by Crippen LogP contribution is 2.70. The summed E-state index contributed by atoms with van der Waals surface area (Å²) in [7, 11) is 0. The molecule has 4 heteroatoms. The van der Waals surface area contributed by atoms with Crippen molar-refractivity contribution in [2.24, 2.45) is 22.5 Å². The van der Waals surface area contributed by atoms with Crippen molar-refractivity contribution in [1.82, 2.24) is 0 Å². The highest BCUT2D eigenvalue weighted by molar-refractivity contribution is 5.27. The summed E-state index contributed by atoms with van der Waals surface area (Å²) in [6.07, 6.45) is -0.703. The topological polar surface area (TPSA) is 46.2 Å². The molecule has 1 aromatic carbocycles. The Hall–Kier alpha value is -1.00. The molecule has 0 aromatic heterocycles. The fourth-order valence-corrected chi connectivity index (χ4v) is 3.60. The number of nitrogens with two attached hydrogens (primary N) is 1. The summed E-state index contributed by atoms with van der Waals surface area (Å²) >= 11 is 0. The molecule has 1 aliphatic rings. The van der Waals surface area contributed by atoms with Crippen LogP contribution in [0.5, 0.6) is 0 Å². The van der Waals surface area contributed by atoms with Crippen LogP contribution in [0.25, 0.3) is 0 Å². The van der Waals surface area contributed by atoms with Gasteiger partial charge in [0.25, 0.3) is 0 Å². The first-order valence-electron chi connectivity index (χ1n) is 6.97. The number of hydrogen-bond donors (Lipinski definition) is 2. The third kappa shape index (κ3) is 2.25. The van der Waals surface area contributed by atoms with E-state index in [-0.39, 0.29) is 23.3 Å². The second kappa shape index (κ2) is 4.78. The molecule has 2 unspecified atom stereocenters. The molecule has 1 saturated carbocycles. The van der Waals surface area contributed by atoms with E-state index in [1.165, 1.54) is 12.1 Å². The van der Waals surface area contributed by atoms with Crippen LogP contribution in [0.15, 0.2) is 18.2 Å². The molecule has 0 bridgehead atoms. The lowest BCUT2D eigenvalue weighted by atomic mass is 9.87. The summed E-state index contributed by atoms with van der Waals surface area (Å²) in [5, 5.41) is 10.6. The van der Waals surface area contributed by atoms with Gasteiger partial charge in [-0.05, 0) is 34.4 Å². The van der Waals surface area contributed by atoms with Crippen LogP contribution in [0.1, 0.15) is 39.2 Å². The van der Waals surface area contributed by atoms with Gasteiger partial charge in [-0.15, -0.1) is 0 Å². The molecule has 1 fully saturated rings. The highest BCUT2D eigenvalue weighted by atomic mass is 19.1. The normalized spacial score (nSPS) is 23.4. The summed E-state index contributed by atoms with van der Waals surface area (Å²) in [4.78, 5) is 0. The molecule has 3 N–H and O–H groups in total. The van der Waals surface area contributed by atoms with Crippen molar-refractivity contribution in [2.45, 2.75) is 39.7 Å². The van der Waals surface area contributed by atoms with E-state index >= 15 is 0 Å². The second-order valence-corrected chi connectivity index (χ2v) is 6.96. The molecule has 0 heterocycles. The van der Waals surface area contributed by atoms with E-state index in [1.54, 1.807) is 0 Å². The minimum Gasteiger partial charge on any atom is -0.392 e. The summed E-state index contributed by atoms with van der Waals surface area (Å²) < 4.78 is 26.7. The molecule has 2 atom stereocenters. The zero-order chi connectivity index (χ0) is 15.3. The predicted octanol–water partition coefficient (Wildman–Crippen LogP) is 3.05. The molecule has 0 saturated heterocycles. The highest BCUT2D eigenvalue weighted by Gasteiger charge is 2.67. The van der Waals surface area contributed by atoms with Gasteiger partial charge in [0.15, 0.2) is 0 Å². The van der Waals surface area contributed by atoms with Gasteiger partial charge in [0, 0.05) is 18.5 Å². The SMILES string of the molecule is CC1(C)C(C(O)C(CN)c2cc(F)cc(F)c2)C1(C)C. The zero-order valence-electron chi connectivity index (χ0n) is 12.5. The summed E-state index contributed by atoms with van der Waals surface area (Å²) in [5.74, 6) is -1.67. The van der Waals surface area contributed by atoms with Gasteiger partial charge in [-0.1, -0.05) is 27.7 Å². The molecule has 0 spiro atoms. The molecule has 0 amide bonds. The van der Waals surface area contributed by atoms with E-state index in [9.17, 15) is 13.9 Å². The number of aliphatic hydroxyl groups excluding tert-OH is 1. The van der Waals surface area contributed by atoms with Crippen LogP contribution in [0.2, 0.25) is 0 Å². The Bertz CT molecular complexity index is 479. The Morgan fingerprint density at radius 3 is 1.90 bits per heavy atom. The van der Waals surface area contributed by atoms with Crippen LogP contribution in [0.3, 0.4) is 0 Å². The Morgan fingerprint density at radius 1 is 1.10 bits per heavy atom. The minimum absolute atomic E-state index is 0.00823. The van der Waals surface area contributed by atoms with Crippen molar-refractivity contribution in [1.29, 1.82) is 0 Å². The lowest BCUT2D eigenvalue weighted by molar-refractivity contribution is 0.102. The van der Waals surface area contributed by atoms with Crippen LogP contribution in [0, 0.1) is 28.4 Å². The molecule has 2 rings (SSSR count). The van der Waals surface area contributed by atoms with Gasteiger partial charge in [0.1, 0.15) is 11.6 Å². The lowest BCUT2D eigenvalue weighted by Gasteiger charge is -2.24. The molecule has 0 aliphatic heterocycles. The van der Waals surface area contributed by atoms with Crippen LogP contribution < -0.4 is 5.73 Å². The standard InChI is InChI=1S/C16H23F2NO/c1-15(2)14(16(15,3)4)13(20)12(8-19)9-5-10(17)7-11(18)6-9/h5-7,12-14,20H,8,19H2,1-4H3. The van der Waals surface area contributed by atoms with E-state index in [0.717, 1.165) is 6.07 Å². The van der Waals surface area contributed by atoms with E-state index in [4.69, 9.17) is 5.73 Å². The fraction of sp³-hybridized carbons (Fsp3) is 0.625. The van der Waals surface area contributed by atoms with Crippen molar-refractivity contribution in [3.05, 3.63) is 35.4 Å². The molecule has 20 heavy (non-hydrogen) atoms. The Kier molecular flexibility index (Phi) is 3.68. The van der Waals surface area contributed by atoms with E-state index < -0.39 is 23.7 Å². The van der Waals surface area contributed by atoms with Gasteiger partial charge in [-0.2, -0.15) is 0 Å². The average molecular weight is 283 g/mol. The smallest absolute Gasteiger partial charge is 0.126 e. The summed E-state index contributed by atoms with van der Waals surface area (Å²) in [6, 6.07) is 3.34. The first-order chi connectivity index (χ1) is 9.12. The number of hydrogen-bond acceptors (Lipinski definition) is 2. The number of benzene rings is 1. The number of halogens is 2. The molecule has 1 aromatic rings. The van der Waals surface area contributed by atoms with Gasteiger partial charge in [0.2, 0.25) is 0 Å². The number of rotatable bonds is 4. The maximum Gasteiger partial charge on any atom is 0.126 e. The molecular weight excluding hydrogens is 260 g/mol. The quantitative estimate of drug-likeness (QED) is 0.892. The number of aliphatic hydroxyl groups is 1. The molecular formula is C16H23F2NO. The van der Waals surface area contributed by atoms with E-state index in [1.807, 2.05) is 0 Å². The van der Waals surface area contributed by atoms with Gasteiger partial charge in [-0.3, -0.25) is 0 Å². The van der Waals surface area contributed by atoms with Crippen LogP contribution in [-0.4, -0.2) is 17.8 Å². The third-order valence-electron chi connectivity index (χ3n) is 5.45. The van der Waals surface area contributed by atoms with E-state index in [0.29, 0.717) is 5.56 Å². The average Bonchev–Trinajstić information content (AvgIpc) is 2.68. The maximum absolute atomic E-state index is 13.3. The molecule has 1 aliphatic carbocycles. The van der Waals surface area contributed by atoms with Crippen molar-refractivity contribution < 1.29 is 13.9 Å². The van der Waals surface area contributed by atoms with Gasteiger partial charge < -0.3 is 10.8 Å². The summed E-state index contributed by atoms with van der Waals surface area (Å²) in [5.41, 5.74) is 6.15. The van der Waals surface area contributed by atoms with Crippen LogP contribution >= 0.6 is 0 Å². The second-order valence-electron chi connectivity index (χ2n) is 6.96. The van der Waals surface area contributed by atoms with Crippen molar-refractivity contribution >= 4 is 0 Å². The Labute approximate surface area is 119 Å². The summed E-state index contributed by atoms with van der Waals surface area (Å²) in [6.45, 7) is 8.55. The molecule has 2 nitrogen and oxygen atoms in total.